The van der Waals surface area contributed by atoms with Gasteiger partial charge >= 0.3 is 6.18 Å². The van der Waals surface area contributed by atoms with E-state index >= 15 is 0 Å². The highest BCUT2D eigenvalue weighted by Gasteiger charge is 2.32. The molecular formula is C19H18F4N4O2. The summed E-state index contributed by atoms with van der Waals surface area (Å²) in [6, 6.07) is 2.03. The van der Waals surface area contributed by atoms with Crippen LogP contribution in [0.1, 0.15) is 35.8 Å². The van der Waals surface area contributed by atoms with E-state index in [4.69, 9.17) is 4.74 Å². The summed E-state index contributed by atoms with van der Waals surface area (Å²) >= 11 is 0. The van der Waals surface area contributed by atoms with Crippen molar-refractivity contribution < 1.29 is 27.1 Å². The predicted octanol–water partition coefficient (Wildman–Crippen LogP) is 4.18. The summed E-state index contributed by atoms with van der Waals surface area (Å²) in [6.07, 6.45) is 0.745. The zero-order valence-electron chi connectivity index (χ0n) is 15.5. The number of piperidine rings is 1. The molecule has 10 heteroatoms. The standard InChI is InChI=1S/C19H18F4N4O2/c1-12-24-9-16(13-4-6-27(7-5-13)10-14(20)11-28)18(26-12)29-15-2-3-17(25-8-15)19(21,22)23/h2-3,8-11,13H,4-7H2,1H3. The van der Waals surface area contributed by atoms with Crippen LogP contribution in [0.3, 0.4) is 0 Å². The molecule has 0 aromatic carbocycles. The number of aldehydes is 1. The summed E-state index contributed by atoms with van der Waals surface area (Å²) in [5.74, 6) is 0.0350. The first-order valence-electron chi connectivity index (χ1n) is 8.87. The van der Waals surface area contributed by atoms with E-state index in [-0.39, 0.29) is 23.8 Å². The summed E-state index contributed by atoms with van der Waals surface area (Å²) in [6.45, 7) is 2.74. The average Bonchev–Trinajstić information content (AvgIpc) is 2.68. The van der Waals surface area contributed by atoms with Gasteiger partial charge in [-0.3, -0.25) is 4.79 Å². The number of ether oxygens (including phenoxy) is 1. The maximum Gasteiger partial charge on any atom is 0.433 e. The minimum atomic E-state index is -4.53. The van der Waals surface area contributed by atoms with Crippen molar-refractivity contribution >= 4 is 6.29 Å². The number of aryl methyl sites for hydroxylation is 1. The maximum absolute atomic E-state index is 13.1. The van der Waals surface area contributed by atoms with Crippen LogP contribution in [-0.2, 0) is 11.0 Å². The van der Waals surface area contributed by atoms with E-state index in [1.54, 1.807) is 18.0 Å². The lowest BCUT2D eigenvalue weighted by atomic mass is 9.91. The topological polar surface area (TPSA) is 68.2 Å². The fourth-order valence-electron chi connectivity index (χ4n) is 3.08. The van der Waals surface area contributed by atoms with Gasteiger partial charge in [-0.1, -0.05) is 0 Å². The van der Waals surface area contributed by atoms with E-state index in [2.05, 4.69) is 15.0 Å². The highest BCUT2D eigenvalue weighted by atomic mass is 19.4. The van der Waals surface area contributed by atoms with Crippen molar-refractivity contribution in [2.24, 2.45) is 0 Å². The van der Waals surface area contributed by atoms with Crippen molar-refractivity contribution in [3.63, 3.8) is 0 Å². The molecule has 0 amide bonds. The Morgan fingerprint density at radius 3 is 2.52 bits per heavy atom. The van der Waals surface area contributed by atoms with E-state index in [9.17, 15) is 22.4 Å². The quantitative estimate of drug-likeness (QED) is 0.419. The third kappa shape index (κ3) is 5.27. The molecule has 1 fully saturated rings. The van der Waals surface area contributed by atoms with Gasteiger partial charge in [0, 0.05) is 31.0 Å². The summed E-state index contributed by atoms with van der Waals surface area (Å²) in [5, 5.41) is 0. The second-order valence-corrected chi connectivity index (χ2v) is 6.60. The van der Waals surface area contributed by atoms with Crippen LogP contribution in [0.4, 0.5) is 17.6 Å². The SMILES string of the molecule is Cc1ncc(C2CCN(C=C(F)C=O)CC2)c(Oc2ccc(C(F)(F)F)nc2)n1. The van der Waals surface area contributed by atoms with Crippen molar-refractivity contribution in [3.8, 4) is 11.6 Å². The van der Waals surface area contributed by atoms with Crippen molar-refractivity contribution in [1.29, 1.82) is 0 Å². The fourth-order valence-corrected chi connectivity index (χ4v) is 3.08. The van der Waals surface area contributed by atoms with Crippen LogP contribution in [0.15, 0.2) is 36.6 Å². The molecule has 3 rings (SSSR count). The molecular weight excluding hydrogens is 392 g/mol. The third-order valence-corrected chi connectivity index (χ3v) is 4.53. The summed E-state index contributed by atoms with van der Waals surface area (Å²) in [7, 11) is 0. The van der Waals surface area contributed by atoms with Crippen molar-refractivity contribution in [1.82, 2.24) is 19.9 Å². The van der Waals surface area contributed by atoms with Gasteiger partial charge in [-0.25, -0.2) is 14.4 Å². The number of likely N-dealkylation sites (tertiary alicyclic amines) is 1. The van der Waals surface area contributed by atoms with Crippen LogP contribution in [0.2, 0.25) is 0 Å². The molecule has 0 N–H and O–H groups in total. The van der Waals surface area contributed by atoms with Gasteiger partial charge in [0.15, 0.2) is 12.1 Å². The van der Waals surface area contributed by atoms with Crippen molar-refractivity contribution in [2.45, 2.75) is 31.9 Å². The molecule has 0 spiro atoms. The molecule has 154 valence electrons. The number of halogens is 4. The molecule has 0 bridgehead atoms. The Kier molecular flexibility index (Phi) is 6.09. The minimum absolute atomic E-state index is 0.0250. The number of carbonyl (C=O) groups is 1. The molecule has 2 aromatic rings. The van der Waals surface area contributed by atoms with Crippen LogP contribution in [0.25, 0.3) is 0 Å². The highest BCUT2D eigenvalue weighted by molar-refractivity contribution is 5.69. The number of aromatic nitrogens is 3. The van der Waals surface area contributed by atoms with Crippen LogP contribution >= 0.6 is 0 Å². The van der Waals surface area contributed by atoms with Crippen LogP contribution < -0.4 is 4.74 Å². The van der Waals surface area contributed by atoms with E-state index in [1.807, 2.05) is 0 Å². The van der Waals surface area contributed by atoms with Gasteiger partial charge in [0.1, 0.15) is 17.3 Å². The molecule has 0 aliphatic carbocycles. The fraction of sp³-hybridized carbons (Fsp3) is 0.368. The molecule has 6 nitrogen and oxygen atoms in total. The van der Waals surface area contributed by atoms with Gasteiger partial charge in [0.25, 0.3) is 0 Å². The molecule has 1 saturated heterocycles. The number of alkyl halides is 3. The molecule has 3 heterocycles. The average molecular weight is 410 g/mol. The largest absolute Gasteiger partial charge is 0.437 e. The minimum Gasteiger partial charge on any atom is -0.437 e. The second-order valence-electron chi connectivity index (χ2n) is 6.60. The monoisotopic (exact) mass is 410 g/mol. The molecule has 0 atom stereocenters. The lowest BCUT2D eigenvalue weighted by Crippen LogP contribution is -2.29. The molecule has 0 saturated carbocycles. The molecule has 29 heavy (non-hydrogen) atoms. The lowest BCUT2D eigenvalue weighted by molar-refractivity contribution is -0.141. The van der Waals surface area contributed by atoms with Crippen molar-refractivity contribution in [3.05, 3.63) is 53.6 Å². The lowest BCUT2D eigenvalue weighted by Gasteiger charge is -2.31. The molecule has 0 radical (unpaired) electrons. The number of allylic oxidation sites excluding steroid dienone is 1. The number of rotatable bonds is 5. The van der Waals surface area contributed by atoms with Gasteiger partial charge in [0.2, 0.25) is 5.88 Å². The number of hydrogen-bond donors (Lipinski definition) is 0. The Hall–Kier alpha value is -3.04. The molecule has 2 aromatic heterocycles. The normalized spacial score (nSPS) is 16.0. The van der Waals surface area contributed by atoms with Gasteiger partial charge in [0.05, 0.1) is 6.20 Å². The summed E-state index contributed by atoms with van der Waals surface area (Å²) < 4.78 is 56.8. The number of hydrogen-bond acceptors (Lipinski definition) is 6. The zero-order chi connectivity index (χ0) is 21.0. The number of pyridine rings is 1. The Morgan fingerprint density at radius 1 is 1.21 bits per heavy atom. The van der Waals surface area contributed by atoms with Crippen LogP contribution in [-0.4, -0.2) is 39.2 Å². The van der Waals surface area contributed by atoms with Gasteiger partial charge in [-0.05, 0) is 37.8 Å². The Balaban J connectivity index is 1.76. The van der Waals surface area contributed by atoms with E-state index < -0.39 is 17.7 Å². The van der Waals surface area contributed by atoms with E-state index in [0.717, 1.165) is 17.8 Å². The second kappa shape index (κ2) is 8.54. The Labute approximate surface area is 164 Å². The Bertz CT molecular complexity index is 892. The first kappa shape index (κ1) is 20.7. The number of carbonyl (C=O) groups excluding carboxylic acids is 1. The summed E-state index contributed by atoms with van der Waals surface area (Å²) in [5.41, 5.74) is -0.290. The van der Waals surface area contributed by atoms with Crippen LogP contribution in [0.5, 0.6) is 11.6 Å². The van der Waals surface area contributed by atoms with Gasteiger partial charge in [-0.2, -0.15) is 18.2 Å². The van der Waals surface area contributed by atoms with Gasteiger partial charge in [-0.15, -0.1) is 0 Å². The summed E-state index contributed by atoms with van der Waals surface area (Å²) in [4.78, 5) is 24.0. The smallest absolute Gasteiger partial charge is 0.433 e. The van der Waals surface area contributed by atoms with Crippen LogP contribution in [0, 0.1) is 6.92 Å². The van der Waals surface area contributed by atoms with Gasteiger partial charge < -0.3 is 9.64 Å². The Morgan fingerprint density at radius 2 is 1.93 bits per heavy atom. The van der Waals surface area contributed by atoms with E-state index in [0.29, 0.717) is 31.8 Å². The number of nitrogens with zero attached hydrogens (tertiary/aromatic N) is 4. The van der Waals surface area contributed by atoms with Crippen molar-refractivity contribution in [2.75, 3.05) is 13.1 Å². The third-order valence-electron chi connectivity index (χ3n) is 4.53. The zero-order valence-corrected chi connectivity index (χ0v) is 15.5. The predicted molar refractivity (Wildman–Crippen MR) is 94.9 cm³/mol. The van der Waals surface area contributed by atoms with E-state index in [1.165, 1.54) is 12.3 Å². The maximum atomic E-state index is 13.1. The molecule has 1 aliphatic rings. The molecule has 0 unspecified atom stereocenters. The highest BCUT2D eigenvalue weighted by Crippen LogP contribution is 2.35. The molecule has 1 aliphatic heterocycles. The first-order valence-corrected chi connectivity index (χ1v) is 8.87. The first-order chi connectivity index (χ1) is 13.8.